The molecule has 0 radical (unpaired) electrons. The fraction of sp³-hybridized carbons (Fsp3) is 0.436. The molecule has 4 aliphatic rings. The number of amides is 1. The topological polar surface area (TPSA) is 182 Å². The number of ether oxygens (including phenoxy) is 3. The number of aromatic amines is 1. The number of quaternary nitrogens is 1. The molecular weight excluding hydrogens is 950 g/mol. The van der Waals surface area contributed by atoms with Gasteiger partial charge in [-0.25, -0.2) is 27.5 Å². The summed E-state index contributed by atoms with van der Waals surface area (Å²) in [5.41, 5.74) is 4.26. The monoisotopic (exact) mass is 1020 g/mol. The van der Waals surface area contributed by atoms with Gasteiger partial charge < -0.3 is 39.7 Å². The number of alkyl halides is 1. The number of benzene rings is 3. The maximum Gasteiger partial charge on any atom is 0.268 e. The second kappa shape index (κ2) is 21.0. The van der Waals surface area contributed by atoms with Crippen molar-refractivity contribution in [1.82, 2.24) is 29.5 Å². The number of nitrogens with zero attached hydrogens (tertiary/aromatic N) is 5. The Balaban J connectivity index is 0.836. The van der Waals surface area contributed by atoms with Crippen molar-refractivity contribution in [3.63, 3.8) is 0 Å². The van der Waals surface area contributed by atoms with Gasteiger partial charge >= 0.3 is 0 Å². The normalized spacial score (nSPS) is 19.9. The number of halogens is 1. The number of sulfonamides is 1. The predicted molar refractivity (Wildman–Crippen MR) is 279 cm³/mol. The number of H-pyrrole nitrogens is 1. The summed E-state index contributed by atoms with van der Waals surface area (Å²) in [7, 11) is -1.59. The van der Waals surface area contributed by atoms with Gasteiger partial charge in [0.1, 0.15) is 33.5 Å². The van der Waals surface area contributed by atoms with Crippen LogP contribution in [0.15, 0.2) is 108 Å². The second-order valence-corrected chi connectivity index (χ2v) is 22.4. The highest BCUT2D eigenvalue weighted by Crippen LogP contribution is 2.53. The Bertz CT molecular complexity index is 3020. The molecule has 0 bridgehead atoms. The third-order valence-corrected chi connectivity index (χ3v) is 16.9. The van der Waals surface area contributed by atoms with Gasteiger partial charge in [-0.1, -0.05) is 50.2 Å². The number of anilines is 2. The van der Waals surface area contributed by atoms with Gasteiger partial charge in [0.15, 0.2) is 11.5 Å². The Morgan fingerprint density at radius 2 is 1.71 bits per heavy atom. The highest BCUT2D eigenvalue weighted by Gasteiger charge is 2.50. The number of hydrogen-bond donors (Lipinski definition) is 4. The minimum atomic E-state index is -4.56. The van der Waals surface area contributed by atoms with Crippen molar-refractivity contribution in [3.8, 4) is 17.2 Å². The average Bonchev–Trinajstić information content (AvgIpc) is 3.86. The standard InChI is InChI=1S/C55H66FN9O7S/c1-37(2)45-7-5-6-8-46(45)49-35-63(34-38-9-12-42(70-4)13-10-38)23-24-65(49)41-30-54(31-41)16-21-64(22-17-54)40-11-14-47(50(28-40)72-43-27-39-15-20-57-51(39)58-32-43)53(66)61-73(68,69)44-29-48(62(3)67)52(59-33-44)60-36-55(56)18-25-71-26-19-55/h5-15,20,27-29,32-33,37,41,49,62H,16-19,21-26,30-31,34-36H2,1-4H3,(H,57,58)(H,59,60)(H,61,66)/t49-/m0/s1. The molecule has 4 fully saturated rings. The van der Waals surface area contributed by atoms with E-state index in [1.165, 1.54) is 23.7 Å². The fourth-order valence-electron chi connectivity index (χ4n) is 11.3. The van der Waals surface area contributed by atoms with E-state index in [4.69, 9.17) is 14.2 Å². The highest BCUT2D eigenvalue weighted by atomic mass is 32.2. The minimum absolute atomic E-state index is 0.0164. The van der Waals surface area contributed by atoms with E-state index in [-0.39, 0.29) is 60.8 Å². The molecule has 4 N–H and O–H groups in total. The Labute approximate surface area is 426 Å². The SMILES string of the molecule is COc1ccc(CN2CCN(C3CC4(CCN(c5ccc(C(=O)NS(=O)(=O)c6cnc(NCC7(F)CCOCC7)c([NH+](C)[O-])c6)c(Oc6cnc7[nH]ccc7c6)c5)CC4)C3)[C@H](c3ccccc3C(C)C)C2)cc1. The zero-order chi connectivity index (χ0) is 50.9. The number of pyridine rings is 2. The summed E-state index contributed by atoms with van der Waals surface area (Å²) >= 11 is 0. The van der Waals surface area contributed by atoms with Crippen LogP contribution in [-0.4, -0.2) is 117 Å². The Kier molecular flexibility index (Phi) is 14.5. The number of hydroxylamine groups is 1. The summed E-state index contributed by atoms with van der Waals surface area (Å²) in [5, 5.41) is 16.0. The molecule has 3 aliphatic heterocycles. The number of carbonyl (C=O) groups is 1. The van der Waals surface area contributed by atoms with Gasteiger partial charge in [0.2, 0.25) is 0 Å². The van der Waals surface area contributed by atoms with Crippen LogP contribution in [0, 0.1) is 10.6 Å². The number of nitrogens with one attached hydrogen (secondary N) is 4. The van der Waals surface area contributed by atoms with Crippen molar-refractivity contribution in [2.45, 2.75) is 87.5 Å². The molecule has 3 saturated heterocycles. The number of piperazine rings is 1. The molecule has 3 aromatic heterocycles. The van der Waals surface area contributed by atoms with Crippen LogP contribution in [0.25, 0.3) is 11.0 Å². The summed E-state index contributed by atoms with van der Waals surface area (Å²) in [6.07, 6.45) is 9.05. The van der Waals surface area contributed by atoms with Crippen LogP contribution in [0.4, 0.5) is 21.6 Å². The predicted octanol–water partition coefficient (Wildman–Crippen LogP) is 7.88. The van der Waals surface area contributed by atoms with Crippen LogP contribution < -0.4 is 29.5 Å². The Hall–Kier alpha value is -6.15. The molecule has 3 aromatic carbocycles. The number of methoxy groups -OCH3 is 1. The van der Waals surface area contributed by atoms with Gasteiger partial charge in [-0.3, -0.25) is 14.6 Å². The third-order valence-electron chi connectivity index (χ3n) is 15.6. The molecule has 18 heteroatoms. The Morgan fingerprint density at radius 1 is 0.945 bits per heavy atom. The zero-order valence-electron chi connectivity index (χ0n) is 42.0. The van der Waals surface area contributed by atoms with Gasteiger partial charge in [0.25, 0.3) is 15.9 Å². The van der Waals surface area contributed by atoms with Gasteiger partial charge in [-0.15, -0.1) is 0 Å². The molecule has 6 aromatic rings. The number of rotatable bonds is 16. The van der Waals surface area contributed by atoms with E-state index in [1.807, 2.05) is 24.3 Å². The van der Waals surface area contributed by atoms with E-state index in [1.54, 1.807) is 37.7 Å². The first-order chi connectivity index (χ1) is 35.2. The number of hydrogen-bond acceptors (Lipinski definition) is 13. The van der Waals surface area contributed by atoms with Crippen LogP contribution in [0.5, 0.6) is 17.2 Å². The average molecular weight is 1020 g/mol. The Morgan fingerprint density at radius 3 is 2.45 bits per heavy atom. The van der Waals surface area contributed by atoms with E-state index < -0.39 is 31.6 Å². The van der Waals surface area contributed by atoms with E-state index in [9.17, 15) is 18.4 Å². The molecule has 1 unspecified atom stereocenters. The number of aromatic nitrogens is 3. The first-order valence-electron chi connectivity index (χ1n) is 25.5. The van der Waals surface area contributed by atoms with Crippen molar-refractivity contribution < 1.29 is 36.9 Å². The molecule has 2 atom stereocenters. The molecular formula is C55H66FN9O7S. The van der Waals surface area contributed by atoms with Crippen molar-refractivity contribution >= 4 is 44.2 Å². The number of fused-ring (bicyclic) bond motifs is 1. The molecule has 1 saturated carbocycles. The van der Waals surface area contributed by atoms with Crippen LogP contribution in [0.1, 0.15) is 91.4 Å². The maximum absolute atomic E-state index is 15.4. The molecule has 1 spiro atoms. The van der Waals surface area contributed by atoms with Crippen molar-refractivity contribution in [1.29, 1.82) is 0 Å². The fourth-order valence-corrected chi connectivity index (χ4v) is 12.3. The molecule has 1 amide bonds. The lowest BCUT2D eigenvalue weighted by Gasteiger charge is -2.58. The minimum Gasteiger partial charge on any atom is -0.629 e. The lowest BCUT2D eigenvalue weighted by molar-refractivity contribution is -0.751. The van der Waals surface area contributed by atoms with Gasteiger partial charge in [0.05, 0.1) is 38.7 Å². The van der Waals surface area contributed by atoms with Crippen LogP contribution in [0.2, 0.25) is 0 Å². The van der Waals surface area contributed by atoms with Gasteiger partial charge in [0, 0.05) is 107 Å². The summed E-state index contributed by atoms with van der Waals surface area (Å²) in [4.78, 5) is 33.2. The van der Waals surface area contributed by atoms with E-state index in [2.05, 4.69) is 89.9 Å². The summed E-state index contributed by atoms with van der Waals surface area (Å²) < 4.78 is 62.4. The molecule has 1 aliphatic carbocycles. The van der Waals surface area contributed by atoms with E-state index in [0.717, 1.165) is 94.0 Å². The summed E-state index contributed by atoms with van der Waals surface area (Å²) in [5.74, 6) is 0.921. The van der Waals surface area contributed by atoms with E-state index in [0.29, 0.717) is 29.4 Å². The molecule has 73 heavy (non-hydrogen) atoms. The first-order valence-corrected chi connectivity index (χ1v) is 26.9. The molecule has 16 nitrogen and oxygen atoms in total. The second-order valence-electron chi connectivity index (χ2n) is 20.7. The highest BCUT2D eigenvalue weighted by molar-refractivity contribution is 7.90. The van der Waals surface area contributed by atoms with Crippen LogP contribution >= 0.6 is 0 Å². The van der Waals surface area contributed by atoms with Crippen molar-refractivity contribution in [2.24, 2.45) is 5.41 Å². The third kappa shape index (κ3) is 11.1. The van der Waals surface area contributed by atoms with Gasteiger partial charge in [-0.05, 0) is 90.1 Å². The smallest absolute Gasteiger partial charge is 0.268 e. The summed E-state index contributed by atoms with van der Waals surface area (Å²) in [6, 6.07) is 28.2. The number of carbonyl (C=O) groups excluding carboxylic acids is 1. The number of piperidine rings is 1. The first kappa shape index (κ1) is 50.4. The lowest BCUT2D eigenvalue weighted by Crippen LogP contribution is -2.98. The van der Waals surface area contributed by atoms with Crippen molar-refractivity contribution in [3.05, 3.63) is 131 Å². The molecule has 6 heterocycles. The lowest BCUT2D eigenvalue weighted by atomic mass is 9.59. The van der Waals surface area contributed by atoms with Crippen molar-refractivity contribution in [2.75, 3.05) is 76.9 Å². The van der Waals surface area contributed by atoms with Gasteiger partial charge in [-0.2, -0.15) is 0 Å². The maximum atomic E-state index is 15.4. The quantitative estimate of drug-likeness (QED) is 0.0689. The van der Waals surface area contributed by atoms with Crippen LogP contribution in [-0.2, 0) is 21.3 Å². The zero-order valence-corrected chi connectivity index (χ0v) is 42.9. The van der Waals surface area contributed by atoms with E-state index >= 15 is 4.39 Å². The molecule has 10 rings (SSSR count). The summed E-state index contributed by atoms with van der Waals surface area (Å²) in [6.45, 7) is 10.5. The molecule has 386 valence electrons. The largest absolute Gasteiger partial charge is 0.629 e. The van der Waals surface area contributed by atoms with Crippen LogP contribution in [0.3, 0.4) is 0 Å².